The molecule has 2 aromatic rings. The molecule has 0 saturated heterocycles. The van der Waals surface area contributed by atoms with Gasteiger partial charge in [0, 0.05) is 22.8 Å². The Kier molecular flexibility index (Phi) is 3.58. The molecule has 0 spiro atoms. The monoisotopic (exact) mass is 306 g/mol. The molecule has 1 aromatic heterocycles. The van der Waals surface area contributed by atoms with Crippen LogP contribution >= 0.6 is 15.9 Å². The van der Waals surface area contributed by atoms with E-state index >= 15 is 0 Å². The van der Waals surface area contributed by atoms with Crippen LogP contribution in [0, 0.1) is 24.1 Å². The molecule has 0 N–H and O–H groups in total. The van der Waals surface area contributed by atoms with Gasteiger partial charge in [-0.3, -0.25) is 0 Å². The van der Waals surface area contributed by atoms with Crippen molar-refractivity contribution in [3.63, 3.8) is 0 Å². The van der Waals surface area contributed by atoms with Crippen molar-refractivity contribution in [2.45, 2.75) is 6.92 Å². The smallest absolute Gasteiger partial charge is 0.219 e. The lowest BCUT2D eigenvalue weighted by Gasteiger charge is -2.06. The molecule has 0 atom stereocenters. The molecule has 18 heavy (non-hydrogen) atoms. The van der Waals surface area contributed by atoms with Crippen molar-refractivity contribution in [2.75, 3.05) is 0 Å². The van der Waals surface area contributed by atoms with Crippen LogP contribution in [0.25, 0.3) is 0 Å². The zero-order valence-corrected chi connectivity index (χ0v) is 11.0. The van der Waals surface area contributed by atoms with Gasteiger partial charge in [0.2, 0.25) is 5.88 Å². The Hall–Kier alpha value is -1.93. The number of aryl methyl sites for hydroxylation is 1. The summed E-state index contributed by atoms with van der Waals surface area (Å²) in [7, 11) is 0. The Bertz CT molecular complexity index is 637. The summed E-state index contributed by atoms with van der Waals surface area (Å²) in [6.07, 6.45) is 1.62. The molecule has 0 bridgehead atoms. The second-order valence-electron chi connectivity index (χ2n) is 3.63. The topological polar surface area (TPSA) is 45.9 Å². The van der Waals surface area contributed by atoms with Crippen molar-refractivity contribution < 1.29 is 9.13 Å². The highest BCUT2D eigenvalue weighted by Gasteiger charge is 2.06. The van der Waals surface area contributed by atoms with Gasteiger partial charge in [0.15, 0.2) is 0 Å². The zero-order chi connectivity index (χ0) is 13.1. The lowest BCUT2D eigenvalue weighted by Crippen LogP contribution is -1.91. The van der Waals surface area contributed by atoms with Gasteiger partial charge in [0.25, 0.3) is 0 Å². The second kappa shape index (κ2) is 5.15. The fourth-order valence-electron chi connectivity index (χ4n) is 1.34. The molecule has 0 aliphatic rings. The lowest BCUT2D eigenvalue weighted by molar-refractivity contribution is 0.457. The summed E-state index contributed by atoms with van der Waals surface area (Å²) in [6.45, 7) is 1.90. The quantitative estimate of drug-likeness (QED) is 0.843. The van der Waals surface area contributed by atoms with Crippen molar-refractivity contribution in [1.82, 2.24) is 4.98 Å². The number of hydrogen-bond donors (Lipinski definition) is 0. The first-order valence-electron chi connectivity index (χ1n) is 5.10. The van der Waals surface area contributed by atoms with Gasteiger partial charge in [0.1, 0.15) is 17.6 Å². The van der Waals surface area contributed by atoms with Gasteiger partial charge in [-0.1, -0.05) is 0 Å². The first kappa shape index (κ1) is 12.5. The molecule has 1 aromatic carbocycles. The molecular weight excluding hydrogens is 299 g/mol. The van der Waals surface area contributed by atoms with E-state index in [4.69, 9.17) is 10.00 Å². The molecular formula is C13H8BrFN2O. The Morgan fingerprint density at radius 2 is 2.17 bits per heavy atom. The highest BCUT2D eigenvalue weighted by molar-refractivity contribution is 9.10. The number of hydrogen-bond acceptors (Lipinski definition) is 3. The maximum absolute atomic E-state index is 13.4. The van der Waals surface area contributed by atoms with E-state index in [9.17, 15) is 4.39 Å². The third-order valence-electron chi connectivity index (χ3n) is 2.31. The van der Waals surface area contributed by atoms with E-state index in [-0.39, 0.29) is 5.56 Å². The molecule has 0 amide bonds. The minimum atomic E-state index is -0.608. The molecule has 5 heteroatoms. The zero-order valence-electron chi connectivity index (χ0n) is 9.45. The summed E-state index contributed by atoms with van der Waals surface area (Å²) in [5.41, 5.74) is 0.955. The molecule has 0 radical (unpaired) electrons. The predicted molar refractivity (Wildman–Crippen MR) is 67.9 cm³/mol. The van der Waals surface area contributed by atoms with Crippen molar-refractivity contribution in [1.29, 1.82) is 5.26 Å². The number of nitrogens with zero attached hydrogens (tertiary/aromatic N) is 2. The first-order chi connectivity index (χ1) is 8.60. The van der Waals surface area contributed by atoms with Gasteiger partial charge in [-0.25, -0.2) is 9.37 Å². The minimum Gasteiger partial charge on any atom is -0.439 e. The second-order valence-corrected chi connectivity index (χ2v) is 4.48. The Balaban J connectivity index is 2.26. The van der Waals surface area contributed by atoms with Gasteiger partial charge in [-0.15, -0.1) is 0 Å². The normalized spacial score (nSPS) is 9.89. The Morgan fingerprint density at radius 1 is 1.39 bits per heavy atom. The predicted octanol–water partition coefficient (Wildman–Crippen LogP) is 3.96. The van der Waals surface area contributed by atoms with Gasteiger partial charge in [0.05, 0.1) is 5.56 Å². The van der Waals surface area contributed by atoms with E-state index in [1.54, 1.807) is 18.3 Å². The van der Waals surface area contributed by atoms with Crippen LogP contribution in [-0.4, -0.2) is 4.98 Å². The van der Waals surface area contributed by atoms with Gasteiger partial charge in [-0.2, -0.15) is 5.26 Å². The third-order valence-corrected chi connectivity index (χ3v) is 3.14. The summed E-state index contributed by atoms with van der Waals surface area (Å²) < 4.78 is 19.7. The number of aromatic nitrogens is 1. The summed E-state index contributed by atoms with van der Waals surface area (Å²) in [5, 5.41) is 8.62. The fourth-order valence-corrected chi connectivity index (χ4v) is 1.56. The average Bonchev–Trinajstić information content (AvgIpc) is 2.34. The van der Waals surface area contributed by atoms with Gasteiger partial charge in [-0.05, 0) is 40.5 Å². The van der Waals surface area contributed by atoms with Crippen LogP contribution in [-0.2, 0) is 0 Å². The third kappa shape index (κ3) is 2.66. The van der Waals surface area contributed by atoms with E-state index in [0.717, 1.165) is 16.1 Å². The van der Waals surface area contributed by atoms with Crippen LogP contribution in [0.2, 0.25) is 0 Å². The van der Waals surface area contributed by atoms with Crippen molar-refractivity contribution >= 4 is 15.9 Å². The largest absolute Gasteiger partial charge is 0.439 e. The molecule has 0 fully saturated rings. The van der Waals surface area contributed by atoms with Crippen LogP contribution in [0.15, 0.2) is 34.9 Å². The van der Waals surface area contributed by atoms with Crippen LogP contribution in [0.4, 0.5) is 4.39 Å². The first-order valence-corrected chi connectivity index (χ1v) is 5.89. The molecule has 3 nitrogen and oxygen atoms in total. The van der Waals surface area contributed by atoms with Crippen LogP contribution < -0.4 is 4.74 Å². The molecule has 0 unspecified atom stereocenters. The maximum Gasteiger partial charge on any atom is 0.219 e. The summed E-state index contributed by atoms with van der Waals surface area (Å²) >= 11 is 3.33. The average molecular weight is 307 g/mol. The summed E-state index contributed by atoms with van der Waals surface area (Å²) in [6, 6.07) is 7.55. The number of rotatable bonds is 2. The van der Waals surface area contributed by atoms with Crippen LogP contribution in [0.3, 0.4) is 0 Å². The lowest BCUT2D eigenvalue weighted by atomic mass is 10.2. The fraction of sp³-hybridized carbons (Fsp3) is 0.0769. The van der Waals surface area contributed by atoms with Crippen molar-refractivity contribution in [2.24, 2.45) is 0 Å². The number of halogens is 2. The van der Waals surface area contributed by atoms with Crippen molar-refractivity contribution in [3.8, 4) is 17.7 Å². The van der Waals surface area contributed by atoms with Gasteiger partial charge < -0.3 is 4.74 Å². The van der Waals surface area contributed by atoms with Gasteiger partial charge >= 0.3 is 0 Å². The molecule has 1 heterocycles. The standard InChI is InChI=1S/C13H8BrFN2O/c1-8-4-13(17-7-11(8)14)18-10-3-2-9(6-16)12(15)5-10/h2-5,7H,1H3. The number of benzene rings is 1. The Morgan fingerprint density at radius 3 is 2.78 bits per heavy atom. The van der Waals surface area contributed by atoms with Crippen LogP contribution in [0.5, 0.6) is 11.6 Å². The van der Waals surface area contributed by atoms with Crippen LogP contribution in [0.1, 0.15) is 11.1 Å². The van der Waals surface area contributed by atoms with E-state index in [1.807, 2.05) is 6.92 Å². The van der Waals surface area contributed by atoms with E-state index in [1.165, 1.54) is 12.1 Å². The highest BCUT2D eigenvalue weighted by atomic mass is 79.9. The number of nitriles is 1. The Labute approximate surface area is 112 Å². The molecule has 0 aliphatic carbocycles. The SMILES string of the molecule is Cc1cc(Oc2ccc(C#N)c(F)c2)ncc1Br. The summed E-state index contributed by atoms with van der Waals surface area (Å²) in [4.78, 5) is 4.05. The summed E-state index contributed by atoms with van der Waals surface area (Å²) in [5.74, 6) is 0.0735. The number of ether oxygens (including phenoxy) is 1. The highest BCUT2D eigenvalue weighted by Crippen LogP contribution is 2.24. The molecule has 0 saturated carbocycles. The molecule has 0 aliphatic heterocycles. The molecule has 90 valence electrons. The maximum atomic E-state index is 13.4. The van der Waals surface area contributed by atoms with E-state index in [0.29, 0.717) is 11.6 Å². The number of pyridine rings is 1. The van der Waals surface area contributed by atoms with E-state index < -0.39 is 5.82 Å². The molecule has 2 rings (SSSR count). The van der Waals surface area contributed by atoms with Crippen molar-refractivity contribution in [3.05, 3.63) is 51.9 Å². The van der Waals surface area contributed by atoms with E-state index in [2.05, 4.69) is 20.9 Å². The minimum absolute atomic E-state index is 0.0118.